The van der Waals surface area contributed by atoms with Gasteiger partial charge in [-0.15, -0.1) is 0 Å². The third-order valence-electron chi connectivity index (χ3n) is 3.04. The van der Waals surface area contributed by atoms with Gasteiger partial charge in [-0.1, -0.05) is 0 Å². The van der Waals surface area contributed by atoms with Crippen molar-refractivity contribution in [3.8, 4) is 0 Å². The zero-order valence-electron chi connectivity index (χ0n) is 12.3. The number of hydrogen-bond donors (Lipinski definition) is 0. The molecular formula is C19H15AsCl2O. The summed E-state index contributed by atoms with van der Waals surface area (Å²) in [6.45, 7) is 0. The van der Waals surface area contributed by atoms with E-state index >= 15 is 0 Å². The second-order valence-corrected chi connectivity index (χ2v) is 10.1. The van der Waals surface area contributed by atoms with E-state index in [1.807, 2.05) is 0 Å². The summed E-state index contributed by atoms with van der Waals surface area (Å²) < 4.78 is 3.55. The van der Waals surface area contributed by atoms with E-state index in [4.69, 9.17) is 4.79 Å². The number of rotatable bonds is 3. The molecule has 0 bridgehead atoms. The first-order valence-electron chi connectivity index (χ1n) is 6.98. The summed E-state index contributed by atoms with van der Waals surface area (Å²) in [5.41, 5.74) is 0. The topological polar surface area (TPSA) is 17.1 Å². The van der Waals surface area contributed by atoms with E-state index in [1.54, 1.807) is 0 Å². The molecule has 0 unspecified atom stereocenters. The molecule has 0 saturated carbocycles. The third-order valence-corrected chi connectivity index (χ3v) is 8.17. The fraction of sp³-hybridized carbons (Fsp3) is 0. The van der Waals surface area contributed by atoms with Crippen LogP contribution in [0.4, 0.5) is 4.79 Å². The molecule has 1 nitrogen and oxygen atoms in total. The molecule has 0 fully saturated rings. The fourth-order valence-electron chi connectivity index (χ4n) is 2.18. The first kappa shape index (κ1) is 17.8. The molecule has 116 valence electrons. The Kier molecular flexibility index (Phi) is 7.42. The summed E-state index contributed by atoms with van der Waals surface area (Å²) in [5, 5.41) is 0. The van der Waals surface area contributed by atoms with Gasteiger partial charge in [0.1, 0.15) is 0 Å². The van der Waals surface area contributed by atoms with Crippen molar-refractivity contribution < 1.29 is 4.79 Å². The summed E-state index contributed by atoms with van der Waals surface area (Å²) in [7, 11) is 0. The molecule has 3 rings (SSSR count). The molecule has 0 aliphatic carbocycles. The Morgan fingerprint density at radius 3 is 1.00 bits per heavy atom. The number of carbonyl (C=O) groups excluding carboxylic acids is 1. The first-order valence-corrected chi connectivity index (χ1v) is 10.6. The van der Waals surface area contributed by atoms with E-state index in [2.05, 4.69) is 114 Å². The van der Waals surface area contributed by atoms with E-state index in [-0.39, 0.29) is 0 Å². The van der Waals surface area contributed by atoms with Gasteiger partial charge in [0, 0.05) is 0 Å². The average molecular weight is 405 g/mol. The Morgan fingerprint density at radius 2 is 0.783 bits per heavy atom. The molecule has 23 heavy (non-hydrogen) atoms. The molecule has 4 heteroatoms. The number of carbonyl (C=O) groups is 1. The van der Waals surface area contributed by atoms with Crippen molar-refractivity contribution >= 4 is 55.6 Å². The Morgan fingerprint density at radius 1 is 0.565 bits per heavy atom. The molecule has 3 aromatic rings. The van der Waals surface area contributed by atoms with Crippen LogP contribution in [0.3, 0.4) is 0 Å². The van der Waals surface area contributed by atoms with Gasteiger partial charge in [-0.3, -0.25) is 4.79 Å². The van der Waals surface area contributed by atoms with Crippen LogP contribution in [0.25, 0.3) is 0 Å². The van der Waals surface area contributed by atoms with Crippen LogP contribution < -0.4 is 13.1 Å². The van der Waals surface area contributed by atoms with Crippen LogP contribution in [0.1, 0.15) is 0 Å². The van der Waals surface area contributed by atoms with E-state index in [1.165, 1.54) is 13.1 Å². The van der Waals surface area contributed by atoms with E-state index in [0.717, 1.165) is 0 Å². The first-order chi connectivity index (χ1) is 11.2. The van der Waals surface area contributed by atoms with Gasteiger partial charge < -0.3 is 0 Å². The molecule has 3 aromatic carbocycles. The molecule has 0 saturated heterocycles. The average Bonchev–Trinajstić information content (AvgIpc) is 2.58. The maximum atomic E-state index is 8.98. The Labute approximate surface area is 151 Å². The summed E-state index contributed by atoms with van der Waals surface area (Å²) in [4.78, 5) is 8.98. The van der Waals surface area contributed by atoms with Crippen molar-refractivity contribution in [1.29, 1.82) is 0 Å². The normalized spacial score (nSPS) is 9.87. The van der Waals surface area contributed by atoms with Gasteiger partial charge in [0.05, 0.1) is 0 Å². The zero-order valence-corrected chi connectivity index (χ0v) is 15.7. The predicted octanol–water partition coefficient (Wildman–Crippen LogP) is 3.79. The molecule has 0 aliphatic rings. The second-order valence-electron chi connectivity index (χ2n) is 4.57. The van der Waals surface area contributed by atoms with Crippen molar-refractivity contribution in [2.24, 2.45) is 0 Å². The predicted molar refractivity (Wildman–Crippen MR) is 101 cm³/mol. The van der Waals surface area contributed by atoms with Gasteiger partial charge in [0.25, 0.3) is 0 Å². The number of halogens is 2. The van der Waals surface area contributed by atoms with Gasteiger partial charge in [0.15, 0.2) is 0 Å². The summed E-state index contributed by atoms with van der Waals surface area (Å²) in [6, 6.07) is 32.7. The molecule has 0 radical (unpaired) electrons. The van der Waals surface area contributed by atoms with Gasteiger partial charge in [-0.05, 0) is 23.2 Å². The van der Waals surface area contributed by atoms with Crippen LogP contribution in [-0.2, 0) is 0 Å². The van der Waals surface area contributed by atoms with Gasteiger partial charge in [-0.25, -0.2) is 0 Å². The summed E-state index contributed by atoms with van der Waals surface area (Å²) in [5.74, 6) is 0. The van der Waals surface area contributed by atoms with Crippen molar-refractivity contribution in [2.75, 3.05) is 0 Å². The SMILES string of the molecule is O=C(Cl)Cl.c1ccc([As](c2ccccc2)c2ccccc2)cc1. The Bertz CT molecular complexity index is 620. The standard InChI is InChI=1S/C18H15As.CCl2O/c1-4-10-16(11-5-1)19(17-12-6-2-7-13-17)18-14-8-3-9-15-18;2-1(3)4/h1-15H;. The van der Waals surface area contributed by atoms with Crippen molar-refractivity contribution in [2.45, 2.75) is 0 Å². The van der Waals surface area contributed by atoms with Crippen LogP contribution in [0.2, 0.25) is 0 Å². The Balaban J connectivity index is 0.000000433. The van der Waals surface area contributed by atoms with Crippen molar-refractivity contribution in [3.05, 3.63) is 91.0 Å². The Hall–Kier alpha value is -1.53. The maximum absolute atomic E-state index is 8.98. The summed E-state index contributed by atoms with van der Waals surface area (Å²) >= 11 is 7.41. The molecule has 0 heterocycles. The molecule has 0 aromatic heterocycles. The van der Waals surface area contributed by atoms with Crippen molar-refractivity contribution in [3.63, 3.8) is 0 Å². The van der Waals surface area contributed by atoms with Gasteiger partial charge >= 0.3 is 123 Å². The molecule has 0 amide bonds. The minimum absolute atomic E-state index is 0.889. The minimum atomic E-state index is -1.39. The van der Waals surface area contributed by atoms with Crippen LogP contribution in [0.5, 0.6) is 0 Å². The molecule has 0 N–H and O–H groups in total. The van der Waals surface area contributed by atoms with Crippen LogP contribution in [-0.4, -0.2) is 19.4 Å². The van der Waals surface area contributed by atoms with E-state index in [0.29, 0.717) is 0 Å². The number of hydrogen-bond acceptors (Lipinski definition) is 1. The third kappa shape index (κ3) is 5.88. The molecule has 0 atom stereocenters. The van der Waals surface area contributed by atoms with Crippen molar-refractivity contribution in [1.82, 2.24) is 0 Å². The van der Waals surface area contributed by atoms with Crippen LogP contribution in [0, 0.1) is 0 Å². The van der Waals surface area contributed by atoms with Gasteiger partial charge in [0.2, 0.25) is 0 Å². The van der Waals surface area contributed by atoms with E-state index < -0.39 is 19.4 Å². The molecule has 0 aliphatic heterocycles. The zero-order chi connectivity index (χ0) is 16.5. The quantitative estimate of drug-likeness (QED) is 0.479. The van der Waals surface area contributed by atoms with E-state index in [9.17, 15) is 0 Å². The summed E-state index contributed by atoms with van der Waals surface area (Å²) in [6.07, 6.45) is 0. The monoisotopic (exact) mass is 404 g/mol. The van der Waals surface area contributed by atoms with Crippen LogP contribution in [0.15, 0.2) is 91.0 Å². The number of benzene rings is 3. The molecular weight excluding hydrogens is 390 g/mol. The molecule has 0 spiro atoms. The van der Waals surface area contributed by atoms with Gasteiger partial charge in [-0.2, -0.15) is 0 Å². The second kappa shape index (κ2) is 9.57. The fourth-order valence-corrected chi connectivity index (χ4v) is 7.02. The van der Waals surface area contributed by atoms with Crippen LogP contribution >= 0.6 is 23.2 Å².